The van der Waals surface area contributed by atoms with Crippen LogP contribution >= 0.6 is 0 Å². The number of nitrogens with one attached hydrogen (secondary N) is 1. The zero-order valence-electron chi connectivity index (χ0n) is 12.2. The van der Waals surface area contributed by atoms with Crippen molar-refractivity contribution >= 4 is 16.9 Å². The minimum Gasteiger partial charge on any atom is -0.464 e. The topological polar surface area (TPSA) is 68.3 Å². The molecule has 0 saturated carbocycles. The number of benzene rings is 1. The number of amides is 1. The maximum atomic E-state index is 11.4. The molecule has 0 fully saturated rings. The normalized spacial score (nSPS) is 11.7. The highest BCUT2D eigenvalue weighted by molar-refractivity contribution is 5.81. The van der Waals surface area contributed by atoms with Gasteiger partial charge in [0.1, 0.15) is 5.58 Å². The van der Waals surface area contributed by atoms with E-state index < -0.39 is 6.04 Å². The summed E-state index contributed by atoms with van der Waals surface area (Å²) in [6, 6.07) is 7.39. The highest BCUT2D eigenvalue weighted by Crippen LogP contribution is 2.16. The van der Waals surface area contributed by atoms with E-state index in [-0.39, 0.29) is 5.91 Å². The first-order valence-electron chi connectivity index (χ1n) is 7.20. The Labute approximate surface area is 124 Å². The Balaban J connectivity index is 1.75. The number of furan rings is 1. The van der Waals surface area contributed by atoms with E-state index in [0.29, 0.717) is 13.0 Å². The van der Waals surface area contributed by atoms with Crippen molar-refractivity contribution in [1.82, 2.24) is 5.32 Å². The Hall–Kier alpha value is -2.25. The van der Waals surface area contributed by atoms with E-state index in [9.17, 15) is 4.79 Å². The Kier molecular flexibility index (Phi) is 5.42. The van der Waals surface area contributed by atoms with Gasteiger partial charge in [-0.05, 0) is 37.1 Å². The van der Waals surface area contributed by atoms with Crippen molar-refractivity contribution in [1.29, 1.82) is 0 Å². The van der Waals surface area contributed by atoms with Crippen molar-refractivity contribution in [3.8, 4) is 11.8 Å². The summed E-state index contributed by atoms with van der Waals surface area (Å²) in [5.74, 6) is 6.14. The lowest BCUT2D eigenvalue weighted by atomic mass is 10.1. The predicted molar refractivity (Wildman–Crippen MR) is 83.6 cm³/mol. The molecular formula is C17H20N2O2. The number of hydrogen-bond acceptors (Lipinski definition) is 3. The third-order valence-electron chi connectivity index (χ3n) is 3.24. The van der Waals surface area contributed by atoms with Crippen LogP contribution < -0.4 is 11.1 Å². The van der Waals surface area contributed by atoms with E-state index in [0.717, 1.165) is 29.4 Å². The summed E-state index contributed by atoms with van der Waals surface area (Å²) in [6.45, 7) is 2.51. The first kappa shape index (κ1) is 15.1. The van der Waals surface area contributed by atoms with Crippen molar-refractivity contribution in [3.63, 3.8) is 0 Å². The van der Waals surface area contributed by atoms with Gasteiger partial charge in [-0.1, -0.05) is 18.8 Å². The highest BCUT2D eigenvalue weighted by atomic mass is 16.3. The van der Waals surface area contributed by atoms with Gasteiger partial charge in [0.25, 0.3) is 0 Å². The number of carbonyl (C=O) groups excluding carboxylic acids is 1. The van der Waals surface area contributed by atoms with Crippen LogP contribution in [0, 0.1) is 11.8 Å². The SMILES string of the molecule is CC[C@H](N)C(=O)NCCCC#Cc1ccc2occc2c1. The van der Waals surface area contributed by atoms with E-state index >= 15 is 0 Å². The first-order chi connectivity index (χ1) is 10.2. The fraction of sp³-hybridized carbons (Fsp3) is 0.353. The first-order valence-corrected chi connectivity index (χ1v) is 7.20. The summed E-state index contributed by atoms with van der Waals surface area (Å²) >= 11 is 0. The van der Waals surface area contributed by atoms with E-state index in [1.165, 1.54) is 0 Å². The lowest BCUT2D eigenvalue weighted by molar-refractivity contribution is -0.122. The van der Waals surface area contributed by atoms with Gasteiger partial charge in [0.2, 0.25) is 5.91 Å². The Morgan fingerprint density at radius 2 is 2.29 bits per heavy atom. The second kappa shape index (κ2) is 7.51. The zero-order chi connectivity index (χ0) is 15.1. The van der Waals surface area contributed by atoms with Gasteiger partial charge in [0.05, 0.1) is 12.3 Å². The second-order valence-electron chi connectivity index (χ2n) is 4.88. The van der Waals surface area contributed by atoms with Crippen LogP contribution in [0.25, 0.3) is 11.0 Å². The molecule has 1 amide bonds. The maximum Gasteiger partial charge on any atom is 0.236 e. The molecule has 0 unspecified atom stereocenters. The number of fused-ring (bicyclic) bond motifs is 1. The van der Waals surface area contributed by atoms with Crippen LogP contribution in [0.15, 0.2) is 34.9 Å². The van der Waals surface area contributed by atoms with Crippen LogP contribution in [-0.2, 0) is 4.79 Å². The fourth-order valence-electron chi connectivity index (χ4n) is 1.91. The van der Waals surface area contributed by atoms with Gasteiger partial charge in [-0.2, -0.15) is 0 Å². The van der Waals surface area contributed by atoms with Gasteiger partial charge >= 0.3 is 0 Å². The molecule has 1 heterocycles. The van der Waals surface area contributed by atoms with Gasteiger partial charge in [-0.25, -0.2) is 0 Å². The molecule has 21 heavy (non-hydrogen) atoms. The van der Waals surface area contributed by atoms with Crippen molar-refractivity contribution in [2.75, 3.05) is 6.54 Å². The molecular weight excluding hydrogens is 264 g/mol. The van der Waals surface area contributed by atoms with Crippen LogP contribution in [0.5, 0.6) is 0 Å². The van der Waals surface area contributed by atoms with E-state index in [1.54, 1.807) is 6.26 Å². The van der Waals surface area contributed by atoms with E-state index in [1.807, 2.05) is 31.2 Å². The van der Waals surface area contributed by atoms with Gasteiger partial charge in [0.15, 0.2) is 0 Å². The molecule has 3 N–H and O–H groups in total. The van der Waals surface area contributed by atoms with Crippen LogP contribution in [0.4, 0.5) is 0 Å². The minimum absolute atomic E-state index is 0.0872. The van der Waals surface area contributed by atoms with Crippen LogP contribution in [-0.4, -0.2) is 18.5 Å². The van der Waals surface area contributed by atoms with Crippen molar-refractivity contribution in [2.45, 2.75) is 32.2 Å². The molecule has 0 spiro atoms. The van der Waals surface area contributed by atoms with Gasteiger partial charge in [-0.15, -0.1) is 0 Å². The summed E-state index contributed by atoms with van der Waals surface area (Å²) in [7, 11) is 0. The standard InChI is InChI=1S/C17H20N2O2/c1-2-15(18)17(20)19-10-5-3-4-6-13-7-8-16-14(12-13)9-11-21-16/h7-9,11-12,15H,2-3,5,10,18H2,1H3,(H,19,20)/t15-/m0/s1. The number of hydrogen-bond donors (Lipinski definition) is 2. The maximum absolute atomic E-state index is 11.4. The highest BCUT2D eigenvalue weighted by Gasteiger charge is 2.08. The molecule has 0 aliphatic heterocycles. The molecule has 1 atom stereocenters. The molecule has 4 heteroatoms. The summed E-state index contributed by atoms with van der Waals surface area (Å²) in [4.78, 5) is 11.4. The molecule has 0 bridgehead atoms. The Morgan fingerprint density at radius 1 is 1.43 bits per heavy atom. The number of nitrogens with two attached hydrogens (primary N) is 1. The summed E-state index contributed by atoms with van der Waals surface area (Å²) in [5.41, 5.74) is 7.47. The number of unbranched alkanes of at least 4 members (excludes halogenated alkanes) is 1. The fourth-order valence-corrected chi connectivity index (χ4v) is 1.91. The Bertz CT molecular complexity index is 664. The second-order valence-corrected chi connectivity index (χ2v) is 4.88. The van der Waals surface area contributed by atoms with E-state index in [2.05, 4.69) is 17.2 Å². The molecule has 0 aliphatic rings. The van der Waals surface area contributed by atoms with Gasteiger partial charge in [0, 0.05) is 23.9 Å². The molecule has 1 aromatic heterocycles. The van der Waals surface area contributed by atoms with Gasteiger partial charge in [-0.3, -0.25) is 4.79 Å². The van der Waals surface area contributed by atoms with E-state index in [4.69, 9.17) is 10.2 Å². The summed E-state index contributed by atoms with van der Waals surface area (Å²) < 4.78 is 5.28. The molecule has 2 rings (SSSR count). The minimum atomic E-state index is -0.405. The quantitative estimate of drug-likeness (QED) is 0.654. The molecule has 0 saturated heterocycles. The summed E-state index contributed by atoms with van der Waals surface area (Å²) in [5, 5.41) is 3.87. The predicted octanol–water partition coefficient (Wildman–Crippen LogP) is 2.42. The monoisotopic (exact) mass is 284 g/mol. The third kappa shape index (κ3) is 4.37. The van der Waals surface area contributed by atoms with Crippen molar-refractivity contribution < 1.29 is 9.21 Å². The largest absolute Gasteiger partial charge is 0.464 e. The molecule has 4 nitrogen and oxygen atoms in total. The van der Waals surface area contributed by atoms with Crippen LogP contribution in [0.3, 0.4) is 0 Å². The van der Waals surface area contributed by atoms with Crippen LogP contribution in [0.1, 0.15) is 31.7 Å². The van der Waals surface area contributed by atoms with Crippen LogP contribution in [0.2, 0.25) is 0 Å². The molecule has 0 aliphatic carbocycles. The average Bonchev–Trinajstić information content (AvgIpc) is 2.97. The molecule has 0 radical (unpaired) electrons. The van der Waals surface area contributed by atoms with Crippen molar-refractivity contribution in [3.05, 3.63) is 36.1 Å². The lowest BCUT2D eigenvalue weighted by Crippen LogP contribution is -2.40. The van der Waals surface area contributed by atoms with Gasteiger partial charge < -0.3 is 15.5 Å². The Morgan fingerprint density at radius 3 is 3.10 bits per heavy atom. The molecule has 2 aromatic rings. The van der Waals surface area contributed by atoms with Crippen molar-refractivity contribution in [2.24, 2.45) is 5.73 Å². The average molecular weight is 284 g/mol. The molecule has 110 valence electrons. The molecule has 1 aromatic carbocycles. The number of carbonyl (C=O) groups is 1. The number of rotatable bonds is 5. The smallest absolute Gasteiger partial charge is 0.236 e. The zero-order valence-corrected chi connectivity index (χ0v) is 12.2. The lowest BCUT2D eigenvalue weighted by Gasteiger charge is -2.08. The summed E-state index contributed by atoms with van der Waals surface area (Å²) in [6.07, 6.45) is 3.89. The third-order valence-corrected chi connectivity index (χ3v) is 3.24.